The predicted molar refractivity (Wildman–Crippen MR) is 132 cm³/mol. The van der Waals surface area contributed by atoms with Gasteiger partial charge in [-0.05, 0) is 36.4 Å². The van der Waals surface area contributed by atoms with Crippen molar-refractivity contribution in [1.29, 1.82) is 0 Å². The van der Waals surface area contributed by atoms with Crippen LogP contribution in [0.3, 0.4) is 0 Å². The second kappa shape index (κ2) is 9.12. The third-order valence-electron chi connectivity index (χ3n) is 5.00. The zero-order chi connectivity index (χ0) is 23.7. The number of amides is 1. The molecule has 0 aliphatic carbocycles. The van der Waals surface area contributed by atoms with Crippen molar-refractivity contribution in [1.82, 2.24) is 15.0 Å². The number of benzene rings is 2. The van der Waals surface area contributed by atoms with Crippen molar-refractivity contribution < 1.29 is 19.0 Å². The molecule has 0 fully saturated rings. The first-order chi connectivity index (χ1) is 16.5. The number of anilines is 1. The largest absolute Gasteiger partial charge is 0.493 e. The molecule has 10 heteroatoms. The SMILES string of the molecule is COc1cc2nccc(Oc3ccc4nc(NC(=O)c5ccc(Cl)nc5)sc4c3)c2cc1OC. The molecule has 0 aliphatic heterocycles. The van der Waals surface area contributed by atoms with Gasteiger partial charge in [-0.2, -0.15) is 0 Å². The van der Waals surface area contributed by atoms with E-state index in [2.05, 4.69) is 20.3 Å². The molecule has 0 saturated heterocycles. The molecule has 0 radical (unpaired) electrons. The Morgan fingerprint density at radius 2 is 1.76 bits per heavy atom. The quantitative estimate of drug-likeness (QED) is 0.292. The van der Waals surface area contributed by atoms with Crippen molar-refractivity contribution in [3.8, 4) is 23.0 Å². The summed E-state index contributed by atoms with van der Waals surface area (Å²) in [7, 11) is 3.16. The summed E-state index contributed by atoms with van der Waals surface area (Å²) in [5.74, 6) is 2.11. The minimum atomic E-state index is -0.313. The summed E-state index contributed by atoms with van der Waals surface area (Å²) in [5.41, 5.74) is 1.85. The molecule has 0 aliphatic rings. The van der Waals surface area contributed by atoms with Gasteiger partial charge in [0.05, 0.1) is 35.5 Å². The summed E-state index contributed by atoms with van der Waals surface area (Å²) < 4.78 is 17.8. The van der Waals surface area contributed by atoms with Gasteiger partial charge in [0.2, 0.25) is 0 Å². The van der Waals surface area contributed by atoms with Gasteiger partial charge in [-0.25, -0.2) is 9.97 Å². The van der Waals surface area contributed by atoms with Crippen molar-refractivity contribution in [2.75, 3.05) is 19.5 Å². The number of carbonyl (C=O) groups excluding carboxylic acids is 1. The predicted octanol–water partition coefficient (Wildman–Crippen LogP) is 5.95. The zero-order valence-corrected chi connectivity index (χ0v) is 19.6. The lowest BCUT2D eigenvalue weighted by Gasteiger charge is -2.12. The maximum atomic E-state index is 12.5. The van der Waals surface area contributed by atoms with Crippen LogP contribution in [-0.4, -0.2) is 35.1 Å². The fraction of sp³-hybridized carbons (Fsp3) is 0.0833. The molecule has 0 spiro atoms. The van der Waals surface area contributed by atoms with Gasteiger partial charge in [0.15, 0.2) is 16.6 Å². The number of hydrogen-bond acceptors (Lipinski definition) is 8. The Kier molecular flexibility index (Phi) is 5.87. The number of pyridine rings is 2. The van der Waals surface area contributed by atoms with Crippen LogP contribution in [0.1, 0.15) is 10.4 Å². The van der Waals surface area contributed by atoms with Crippen LogP contribution in [0.4, 0.5) is 5.13 Å². The maximum absolute atomic E-state index is 12.5. The standard InChI is InChI=1S/C24H17ClN4O4S/c1-31-19-10-15-17(11-20(19)32-2)26-8-7-18(15)33-14-4-5-16-21(9-14)34-24(28-16)29-23(30)13-3-6-22(25)27-12-13/h3-12H,1-2H3,(H,28,29,30). The number of carbonyl (C=O) groups is 1. The number of hydrogen-bond donors (Lipinski definition) is 1. The Balaban J connectivity index is 1.41. The van der Waals surface area contributed by atoms with Gasteiger partial charge < -0.3 is 14.2 Å². The van der Waals surface area contributed by atoms with Crippen molar-refractivity contribution in [2.45, 2.75) is 0 Å². The lowest BCUT2D eigenvalue weighted by molar-refractivity contribution is 0.102. The van der Waals surface area contributed by atoms with Crippen LogP contribution < -0.4 is 19.5 Å². The van der Waals surface area contributed by atoms with E-state index in [-0.39, 0.29) is 5.91 Å². The van der Waals surface area contributed by atoms with E-state index in [4.69, 9.17) is 25.8 Å². The second-order valence-corrected chi connectivity index (χ2v) is 8.53. The number of ether oxygens (including phenoxy) is 3. The average molecular weight is 493 g/mol. The minimum absolute atomic E-state index is 0.313. The van der Waals surface area contributed by atoms with Crippen LogP contribution in [0.2, 0.25) is 5.15 Å². The van der Waals surface area contributed by atoms with Crippen LogP contribution in [0.25, 0.3) is 21.1 Å². The number of thiazole rings is 1. The number of methoxy groups -OCH3 is 2. The van der Waals surface area contributed by atoms with Crippen molar-refractivity contribution in [3.63, 3.8) is 0 Å². The molecule has 2 aromatic carbocycles. The maximum Gasteiger partial charge on any atom is 0.259 e. The monoisotopic (exact) mass is 492 g/mol. The van der Waals surface area contributed by atoms with Gasteiger partial charge in [0.1, 0.15) is 16.7 Å². The third kappa shape index (κ3) is 4.30. The zero-order valence-electron chi connectivity index (χ0n) is 18.0. The first-order valence-electron chi connectivity index (χ1n) is 10.1. The molecule has 3 aromatic heterocycles. The van der Waals surface area contributed by atoms with Gasteiger partial charge in [-0.3, -0.25) is 15.1 Å². The van der Waals surface area contributed by atoms with E-state index in [9.17, 15) is 4.79 Å². The van der Waals surface area contributed by atoms with Crippen molar-refractivity contribution >= 4 is 55.1 Å². The molecule has 1 N–H and O–H groups in total. The van der Waals surface area contributed by atoms with Gasteiger partial charge in [0, 0.05) is 29.9 Å². The number of rotatable bonds is 6. The first kappa shape index (κ1) is 21.9. The third-order valence-corrected chi connectivity index (χ3v) is 6.16. The summed E-state index contributed by atoms with van der Waals surface area (Å²) in [4.78, 5) is 25.3. The highest BCUT2D eigenvalue weighted by molar-refractivity contribution is 7.22. The lowest BCUT2D eigenvalue weighted by Crippen LogP contribution is -2.11. The molecule has 34 heavy (non-hydrogen) atoms. The lowest BCUT2D eigenvalue weighted by atomic mass is 10.2. The van der Waals surface area contributed by atoms with Gasteiger partial charge in [-0.1, -0.05) is 22.9 Å². The van der Waals surface area contributed by atoms with Gasteiger partial charge >= 0.3 is 0 Å². The van der Waals surface area contributed by atoms with Crippen LogP contribution in [-0.2, 0) is 0 Å². The normalized spacial score (nSPS) is 10.9. The molecular weight excluding hydrogens is 476 g/mol. The van der Waals surface area contributed by atoms with Crippen molar-refractivity contribution in [2.24, 2.45) is 0 Å². The van der Waals surface area contributed by atoms with E-state index in [0.29, 0.717) is 38.8 Å². The topological polar surface area (TPSA) is 95.5 Å². The van der Waals surface area contributed by atoms with E-state index >= 15 is 0 Å². The van der Waals surface area contributed by atoms with Gasteiger partial charge in [0.25, 0.3) is 5.91 Å². The van der Waals surface area contributed by atoms with Crippen LogP contribution in [0.15, 0.2) is 60.9 Å². The molecule has 8 nitrogen and oxygen atoms in total. The number of fused-ring (bicyclic) bond motifs is 2. The Morgan fingerprint density at radius 1 is 0.941 bits per heavy atom. The summed E-state index contributed by atoms with van der Waals surface area (Å²) in [6.07, 6.45) is 3.09. The van der Waals surface area contributed by atoms with E-state index in [1.165, 1.54) is 17.5 Å². The number of nitrogens with zero attached hydrogens (tertiary/aromatic N) is 3. The second-order valence-electron chi connectivity index (χ2n) is 7.11. The first-order valence-corrected chi connectivity index (χ1v) is 11.3. The molecule has 0 bridgehead atoms. The Morgan fingerprint density at radius 3 is 2.53 bits per heavy atom. The highest BCUT2D eigenvalue weighted by atomic mass is 35.5. The summed E-state index contributed by atoms with van der Waals surface area (Å²) >= 11 is 7.13. The fourth-order valence-electron chi connectivity index (χ4n) is 3.36. The molecule has 0 unspecified atom stereocenters. The molecule has 0 atom stereocenters. The highest BCUT2D eigenvalue weighted by Crippen LogP contribution is 2.38. The number of aromatic nitrogens is 3. The number of halogens is 1. The highest BCUT2D eigenvalue weighted by Gasteiger charge is 2.14. The smallest absolute Gasteiger partial charge is 0.259 e. The van der Waals surface area contributed by atoms with Gasteiger partial charge in [-0.15, -0.1) is 0 Å². The summed E-state index contributed by atoms with van der Waals surface area (Å²) in [6, 6.07) is 14.1. The number of nitrogens with one attached hydrogen (secondary N) is 1. The molecule has 170 valence electrons. The van der Waals surface area contributed by atoms with Crippen LogP contribution in [0.5, 0.6) is 23.0 Å². The van der Waals surface area contributed by atoms with Crippen LogP contribution >= 0.6 is 22.9 Å². The molecule has 5 aromatic rings. The Labute approximate surface area is 203 Å². The van der Waals surface area contributed by atoms with E-state index in [0.717, 1.165) is 21.1 Å². The Hall–Kier alpha value is -3.95. The Bertz CT molecular complexity index is 1520. The fourth-order valence-corrected chi connectivity index (χ4v) is 4.37. The molecule has 5 rings (SSSR count). The van der Waals surface area contributed by atoms with E-state index in [1.807, 2.05) is 24.3 Å². The molecule has 1 amide bonds. The summed E-state index contributed by atoms with van der Waals surface area (Å²) in [6.45, 7) is 0. The summed E-state index contributed by atoms with van der Waals surface area (Å²) in [5, 5.41) is 4.37. The van der Waals surface area contributed by atoms with E-state index in [1.54, 1.807) is 44.7 Å². The molecular formula is C24H17ClN4O4S. The van der Waals surface area contributed by atoms with Crippen molar-refractivity contribution in [3.05, 3.63) is 71.6 Å². The molecule has 3 heterocycles. The molecule has 0 saturated carbocycles. The average Bonchev–Trinajstić information content (AvgIpc) is 3.25. The van der Waals surface area contributed by atoms with E-state index < -0.39 is 0 Å². The van der Waals surface area contributed by atoms with Crippen LogP contribution in [0, 0.1) is 0 Å². The minimum Gasteiger partial charge on any atom is -0.493 e.